The zero-order chi connectivity index (χ0) is 20.6. The minimum Gasteiger partial charge on any atom is -0.490 e. The van der Waals surface area contributed by atoms with Crippen molar-refractivity contribution in [2.45, 2.75) is 25.9 Å². The molecule has 2 aromatic rings. The number of para-hydroxylation sites is 1. The molecule has 1 aliphatic heterocycles. The van der Waals surface area contributed by atoms with Crippen molar-refractivity contribution in [1.29, 1.82) is 0 Å². The summed E-state index contributed by atoms with van der Waals surface area (Å²) in [6.07, 6.45) is 1.97. The summed E-state index contributed by atoms with van der Waals surface area (Å²) in [5, 5.41) is 2.62. The van der Waals surface area contributed by atoms with E-state index in [1.54, 1.807) is 48.5 Å². The molecular formula is C22H23NO6. The van der Waals surface area contributed by atoms with Gasteiger partial charge in [0.15, 0.2) is 12.4 Å². The topological polar surface area (TPSA) is 90.9 Å². The number of esters is 1. The maximum absolute atomic E-state index is 12.4. The minimum atomic E-state index is -0.629. The molecular weight excluding hydrogens is 374 g/mol. The number of nitrogens with one attached hydrogen (secondary N) is 1. The number of carbonyl (C=O) groups is 3. The SMILES string of the molecule is CC(=O)Nc1ccc(C(=O)COC(=O)c2ccccc2OCC2CCCO2)cc1. The molecule has 29 heavy (non-hydrogen) atoms. The lowest BCUT2D eigenvalue weighted by molar-refractivity contribution is -0.114. The summed E-state index contributed by atoms with van der Waals surface area (Å²) >= 11 is 0. The van der Waals surface area contributed by atoms with E-state index < -0.39 is 12.6 Å². The molecule has 0 aliphatic carbocycles. The Morgan fingerprint density at radius 2 is 1.86 bits per heavy atom. The molecule has 3 rings (SSSR count). The first kappa shape index (κ1) is 20.5. The highest BCUT2D eigenvalue weighted by atomic mass is 16.5. The van der Waals surface area contributed by atoms with E-state index in [1.165, 1.54) is 6.92 Å². The predicted molar refractivity (Wildman–Crippen MR) is 106 cm³/mol. The number of Topliss-reactive ketones (excluding diaryl/α,β-unsaturated/α-hetero) is 1. The molecule has 1 N–H and O–H groups in total. The summed E-state index contributed by atoms with van der Waals surface area (Å²) in [6.45, 7) is 2.11. The smallest absolute Gasteiger partial charge is 0.342 e. The second kappa shape index (κ2) is 9.84. The van der Waals surface area contributed by atoms with E-state index in [2.05, 4.69) is 5.32 Å². The molecule has 7 nitrogen and oxygen atoms in total. The fraction of sp³-hybridized carbons (Fsp3) is 0.318. The first-order valence-corrected chi connectivity index (χ1v) is 9.44. The summed E-state index contributed by atoms with van der Waals surface area (Å²) < 4.78 is 16.4. The lowest BCUT2D eigenvalue weighted by atomic mass is 10.1. The molecule has 0 saturated carbocycles. The van der Waals surface area contributed by atoms with Crippen LogP contribution in [-0.2, 0) is 14.3 Å². The zero-order valence-corrected chi connectivity index (χ0v) is 16.2. The fourth-order valence-electron chi connectivity index (χ4n) is 2.95. The van der Waals surface area contributed by atoms with E-state index in [0.29, 0.717) is 23.6 Å². The Kier molecular flexibility index (Phi) is 6.97. The second-order valence-electron chi connectivity index (χ2n) is 6.70. The Hall–Kier alpha value is -3.19. The van der Waals surface area contributed by atoms with Gasteiger partial charge in [-0.05, 0) is 49.2 Å². The van der Waals surface area contributed by atoms with Gasteiger partial charge in [-0.25, -0.2) is 4.79 Å². The number of amides is 1. The van der Waals surface area contributed by atoms with Crippen molar-refractivity contribution in [2.24, 2.45) is 0 Å². The van der Waals surface area contributed by atoms with Gasteiger partial charge in [-0.1, -0.05) is 12.1 Å². The number of ether oxygens (including phenoxy) is 3. The third kappa shape index (κ3) is 5.89. The maximum atomic E-state index is 12.4. The first-order chi connectivity index (χ1) is 14.0. The second-order valence-corrected chi connectivity index (χ2v) is 6.70. The number of hydrogen-bond acceptors (Lipinski definition) is 6. The highest BCUT2D eigenvalue weighted by molar-refractivity contribution is 6.00. The van der Waals surface area contributed by atoms with Gasteiger partial charge in [0, 0.05) is 24.8 Å². The molecule has 0 radical (unpaired) electrons. The van der Waals surface area contributed by atoms with Crippen LogP contribution in [0.1, 0.15) is 40.5 Å². The van der Waals surface area contributed by atoms with Crippen LogP contribution < -0.4 is 10.1 Å². The molecule has 1 atom stereocenters. The average molecular weight is 397 g/mol. The molecule has 0 bridgehead atoms. The Morgan fingerprint density at radius 3 is 2.55 bits per heavy atom. The molecule has 1 unspecified atom stereocenters. The van der Waals surface area contributed by atoms with Crippen molar-refractivity contribution in [3.8, 4) is 5.75 Å². The summed E-state index contributed by atoms with van der Waals surface area (Å²) in [5.41, 5.74) is 1.23. The maximum Gasteiger partial charge on any atom is 0.342 e. The molecule has 1 amide bonds. The van der Waals surface area contributed by atoms with E-state index in [0.717, 1.165) is 19.4 Å². The number of hydrogen-bond donors (Lipinski definition) is 1. The summed E-state index contributed by atoms with van der Waals surface area (Å²) in [5.74, 6) is -0.764. The first-order valence-electron chi connectivity index (χ1n) is 9.44. The van der Waals surface area contributed by atoms with Crippen molar-refractivity contribution in [3.05, 3.63) is 59.7 Å². The standard InChI is InChI=1S/C22H23NO6/c1-15(24)23-17-10-8-16(9-11-17)20(25)14-29-22(26)19-6-2-3-7-21(19)28-13-18-5-4-12-27-18/h2-3,6-11,18H,4-5,12-14H2,1H3,(H,23,24). The van der Waals surface area contributed by atoms with Crippen molar-refractivity contribution in [3.63, 3.8) is 0 Å². The van der Waals surface area contributed by atoms with E-state index >= 15 is 0 Å². The van der Waals surface area contributed by atoms with Crippen LogP contribution in [0.15, 0.2) is 48.5 Å². The quantitative estimate of drug-likeness (QED) is 0.543. The lowest BCUT2D eigenvalue weighted by Gasteiger charge is -2.14. The van der Waals surface area contributed by atoms with E-state index in [9.17, 15) is 14.4 Å². The van der Waals surface area contributed by atoms with Gasteiger partial charge in [0.2, 0.25) is 5.91 Å². The van der Waals surface area contributed by atoms with Crippen LogP contribution >= 0.6 is 0 Å². The number of rotatable bonds is 8. The summed E-state index contributed by atoms with van der Waals surface area (Å²) in [4.78, 5) is 35.8. The Bertz CT molecular complexity index is 871. The average Bonchev–Trinajstić information content (AvgIpc) is 3.24. The van der Waals surface area contributed by atoms with Crippen LogP contribution in [0.4, 0.5) is 5.69 Å². The lowest BCUT2D eigenvalue weighted by Crippen LogP contribution is -2.19. The van der Waals surface area contributed by atoms with Gasteiger partial charge in [-0.15, -0.1) is 0 Å². The predicted octanol–water partition coefficient (Wildman–Crippen LogP) is 3.24. The molecule has 1 fully saturated rings. The fourth-order valence-corrected chi connectivity index (χ4v) is 2.95. The van der Waals surface area contributed by atoms with Crippen LogP contribution in [0.5, 0.6) is 5.75 Å². The van der Waals surface area contributed by atoms with Gasteiger partial charge in [0.25, 0.3) is 0 Å². The molecule has 2 aromatic carbocycles. The monoisotopic (exact) mass is 397 g/mol. The highest BCUT2D eigenvalue weighted by Crippen LogP contribution is 2.21. The molecule has 1 aliphatic rings. The molecule has 7 heteroatoms. The normalized spacial score (nSPS) is 15.6. The number of carbonyl (C=O) groups excluding carboxylic acids is 3. The molecule has 0 spiro atoms. The van der Waals surface area contributed by atoms with Crippen molar-refractivity contribution in [1.82, 2.24) is 0 Å². The number of anilines is 1. The van der Waals surface area contributed by atoms with Gasteiger partial charge < -0.3 is 19.5 Å². The van der Waals surface area contributed by atoms with E-state index in [4.69, 9.17) is 14.2 Å². The zero-order valence-electron chi connectivity index (χ0n) is 16.2. The summed E-state index contributed by atoms with van der Waals surface area (Å²) in [7, 11) is 0. The van der Waals surface area contributed by atoms with Crippen LogP contribution in [-0.4, -0.2) is 43.6 Å². The molecule has 0 aromatic heterocycles. The Morgan fingerprint density at radius 1 is 1.10 bits per heavy atom. The van der Waals surface area contributed by atoms with Gasteiger partial charge >= 0.3 is 5.97 Å². The molecule has 1 heterocycles. The van der Waals surface area contributed by atoms with Crippen LogP contribution in [0.3, 0.4) is 0 Å². The van der Waals surface area contributed by atoms with Crippen molar-refractivity contribution >= 4 is 23.3 Å². The molecule has 1 saturated heterocycles. The number of benzene rings is 2. The van der Waals surface area contributed by atoms with Crippen molar-refractivity contribution < 1.29 is 28.6 Å². The van der Waals surface area contributed by atoms with Crippen molar-refractivity contribution in [2.75, 3.05) is 25.1 Å². The Balaban J connectivity index is 1.56. The van der Waals surface area contributed by atoms with Gasteiger partial charge in [-0.3, -0.25) is 9.59 Å². The third-order valence-corrected chi connectivity index (χ3v) is 4.42. The van der Waals surface area contributed by atoms with Gasteiger partial charge in [0.1, 0.15) is 17.9 Å². The Labute approximate surface area is 169 Å². The minimum absolute atomic E-state index is 0.0288. The van der Waals surface area contributed by atoms with Crippen LogP contribution in [0, 0.1) is 0 Å². The third-order valence-electron chi connectivity index (χ3n) is 4.42. The number of ketones is 1. The summed E-state index contributed by atoms with van der Waals surface area (Å²) in [6, 6.07) is 13.1. The largest absolute Gasteiger partial charge is 0.490 e. The van der Waals surface area contributed by atoms with Gasteiger partial charge in [-0.2, -0.15) is 0 Å². The van der Waals surface area contributed by atoms with E-state index in [-0.39, 0.29) is 23.4 Å². The van der Waals surface area contributed by atoms with Gasteiger partial charge in [0.05, 0.1) is 6.10 Å². The van der Waals surface area contributed by atoms with Crippen LogP contribution in [0.2, 0.25) is 0 Å². The van der Waals surface area contributed by atoms with Crippen LogP contribution in [0.25, 0.3) is 0 Å². The molecule has 152 valence electrons. The van der Waals surface area contributed by atoms with E-state index in [1.807, 2.05) is 0 Å². The highest BCUT2D eigenvalue weighted by Gasteiger charge is 2.19.